The van der Waals surface area contributed by atoms with Crippen LogP contribution >= 0.6 is 24.0 Å². The summed E-state index contributed by atoms with van der Waals surface area (Å²) in [5.74, 6) is 0.317. The fourth-order valence-corrected chi connectivity index (χ4v) is 5.18. The number of rotatable bonds is 5. The molecule has 2 aliphatic rings. The van der Waals surface area contributed by atoms with E-state index in [2.05, 4.69) is 0 Å². The maximum absolute atomic E-state index is 13.1. The summed E-state index contributed by atoms with van der Waals surface area (Å²) in [5, 5.41) is 0.362. The average Bonchev–Trinajstić information content (AvgIpc) is 2.61. The number of nitrogens with two attached hydrogens (primary N) is 1. The highest BCUT2D eigenvalue weighted by Crippen LogP contribution is 2.31. The molecule has 0 spiro atoms. The van der Waals surface area contributed by atoms with Crippen molar-refractivity contribution in [2.45, 2.75) is 49.1 Å². The van der Waals surface area contributed by atoms with E-state index in [1.165, 1.54) is 10.4 Å². The lowest BCUT2D eigenvalue weighted by Crippen LogP contribution is -2.45. The van der Waals surface area contributed by atoms with Gasteiger partial charge in [-0.05, 0) is 50.3 Å². The first kappa shape index (κ1) is 21.7. The van der Waals surface area contributed by atoms with Gasteiger partial charge < -0.3 is 15.2 Å². The summed E-state index contributed by atoms with van der Waals surface area (Å²) in [5.41, 5.74) is 5.94. The number of hydrogen-bond donors (Lipinski definition) is 1. The van der Waals surface area contributed by atoms with Crippen molar-refractivity contribution in [1.29, 1.82) is 0 Å². The molecule has 0 aliphatic carbocycles. The van der Waals surface area contributed by atoms with Crippen LogP contribution in [-0.4, -0.2) is 51.2 Å². The van der Waals surface area contributed by atoms with Crippen LogP contribution in [0.15, 0.2) is 23.1 Å². The Labute approximate surface area is 166 Å². The number of sulfonamides is 1. The minimum Gasteiger partial charge on any atom is -0.489 e. The number of piperidine rings is 1. The van der Waals surface area contributed by atoms with Crippen LogP contribution in [-0.2, 0) is 14.8 Å². The Morgan fingerprint density at radius 3 is 2.77 bits per heavy atom. The number of ether oxygens (including phenoxy) is 2. The van der Waals surface area contributed by atoms with Gasteiger partial charge >= 0.3 is 0 Å². The number of benzene rings is 1. The Balaban J connectivity index is 0.00000243. The molecule has 6 nitrogen and oxygen atoms in total. The van der Waals surface area contributed by atoms with Crippen molar-refractivity contribution in [2.75, 3.05) is 26.3 Å². The van der Waals surface area contributed by atoms with Crippen LogP contribution < -0.4 is 10.5 Å². The lowest BCUT2D eigenvalue weighted by Gasteiger charge is -2.30. The van der Waals surface area contributed by atoms with E-state index in [1.807, 2.05) is 0 Å². The van der Waals surface area contributed by atoms with E-state index in [0.29, 0.717) is 30.5 Å². The first-order valence-corrected chi connectivity index (χ1v) is 10.6. The highest BCUT2D eigenvalue weighted by atomic mass is 35.5. The molecule has 0 aromatic heterocycles. The molecule has 2 aliphatic heterocycles. The van der Waals surface area contributed by atoms with Gasteiger partial charge in [0, 0.05) is 30.8 Å². The molecule has 0 saturated carbocycles. The number of halogens is 2. The van der Waals surface area contributed by atoms with Gasteiger partial charge in [0.1, 0.15) is 17.3 Å². The van der Waals surface area contributed by atoms with Gasteiger partial charge in [-0.25, -0.2) is 8.42 Å². The average molecular weight is 425 g/mol. The summed E-state index contributed by atoms with van der Waals surface area (Å²) < 4.78 is 39.0. The third kappa shape index (κ3) is 5.24. The van der Waals surface area contributed by atoms with Crippen molar-refractivity contribution in [3.63, 3.8) is 0 Å². The van der Waals surface area contributed by atoms with Crippen molar-refractivity contribution in [3.8, 4) is 5.75 Å². The molecule has 0 radical (unpaired) electrons. The summed E-state index contributed by atoms with van der Waals surface area (Å²) in [7, 11) is -3.70. The highest BCUT2D eigenvalue weighted by molar-refractivity contribution is 7.89. The molecule has 1 aromatic carbocycles. The largest absolute Gasteiger partial charge is 0.489 e. The molecule has 0 bridgehead atoms. The van der Waals surface area contributed by atoms with Crippen LogP contribution in [0.1, 0.15) is 32.1 Å². The molecular weight excluding hydrogens is 399 g/mol. The van der Waals surface area contributed by atoms with Crippen LogP contribution in [0.3, 0.4) is 0 Å². The molecule has 2 saturated heterocycles. The molecule has 2 N–H and O–H groups in total. The zero-order valence-electron chi connectivity index (χ0n) is 14.6. The summed E-state index contributed by atoms with van der Waals surface area (Å²) in [6.07, 6.45) is 4.69. The van der Waals surface area contributed by atoms with E-state index >= 15 is 0 Å². The smallest absolute Gasteiger partial charge is 0.246 e. The predicted molar refractivity (Wildman–Crippen MR) is 104 cm³/mol. The molecular formula is C17H26Cl2N2O4S. The van der Waals surface area contributed by atoms with E-state index in [1.54, 1.807) is 12.1 Å². The van der Waals surface area contributed by atoms with E-state index in [4.69, 9.17) is 26.8 Å². The fourth-order valence-electron chi connectivity index (χ4n) is 3.26. The third-order valence-electron chi connectivity index (χ3n) is 4.64. The third-order valence-corrected chi connectivity index (χ3v) is 6.76. The first-order valence-electron chi connectivity index (χ1n) is 8.76. The zero-order valence-corrected chi connectivity index (χ0v) is 17.0. The lowest BCUT2D eigenvalue weighted by molar-refractivity contribution is -0.0116. The highest BCUT2D eigenvalue weighted by Gasteiger charge is 2.31. The Hall–Kier alpha value is -0.570. The molecule has 3 rings (SSSR count). The second-order valence-electron chi connectivity index (χ2n) is 6.66. The standard InChI is InChI=1S/C17H25ClN2O4S.ClH/c18-13-6-7-16(24-12-15-5-1-2-9-23-15)17(10-13)25(21,22)20-8-3-4-14(19)11-20;/h6-7,10,14-15H,1-5,8-9,11-12,19H2;1H. The molecule has 26 heavy (non-hydrogen) atoms. The number of hydrogen-bond acceptors (Lipinski definition) is 5. The Kier molecular flexibility index (Phi) is 8.00. The van der Waals surface area contributed by atoms with Crippen molar-refractivity contribution in [3.05, 3.63) is 23.2 Å². The normalized spacial score (nSPS) is 24.7. The SMILES string of the molecule is Cl.NC1CCCN(S(=O)(=O)c2cc(Cl)ccc2OCC2CCCCO2)C1. The van der Waals surface area contributed by atoms with Gasteiger partial charge in [-0.2, -0.15) is 4.31 Å². The quantitative estimate of drug-likeness (QED) is 0.785. The van der Waals surface area contributed by atoms with E-state index in [0.717, 1.165) is 38.7 Å². The minimum absolute atomic E-state index is 0. The van der Waals surface area contributed by atoms with E-state index in [9.17, 15) is 8.42 Å². The molecule has 2 unspecified atom stereocenters. The zero-order chi connectivity index (χ0) is 17.9. The van der Waals surface area contributed by atoms with E-state index < -0.39 is 10.0 Å². The van der Waals surface area contributed by atoms with Gasteiger partial charge in [0.25, 0.3) is 0 Å². The molecule has 148 valence electrons. The predicted octanol–water partition coefficient (Wildman–Crippen LogP) is 2.82. The van der Waals surface area contributed by atoms with Crippen LogP contribution in [0.4, 0.5) is 0 Å². The van der Waals surface area contributed by atoms with Gasteiger partial charge in [-0.1, -0.05) is 11.6 Å². The maximum atomic E-state index is 13.1. The Bertz CT molecular complexity index is 696. The maximum Gasteiger partial charge on any atom is 0.246 e. The van der Waals surface area contributed by atoms with E-state index in [-0.39, 0.29) is 29.4 Å². The Morgan fingerprint density at radius 2 is 2.08 bits per heavy atom. The monoisotopic (exact) mass is 424 g/mol. The van der Waals surface area contributed by atoms with Gasteiger partial charge in [0.2, 0.25) is 10.0 Å². The van der Waals surface area contributed by atoms with Crippen LogP contribution in [0, 0.1) is 0 Å². The van der Waals surface area contributed by atoms with Crippen molar-refractivity contribution < 1.29 is 17.9 Å². The summed E-state index contributed by atoms with van der Waals surface area (Å²) in [6.45, 7) is 1.85. The van der Waals surface area contributed by atoms with Crippen molar-refractivity contribution in [1.82, 2.24) is 4.31 Å². The minimum atomic E-state index is -3.70. The second-order valence-corrected chi connectivity index (χ2v) is 9.00. The van der Waals surface area contributed by atoms with Gasteiger partial charge in [-0.3, -0.25) is 0 Å². The summed E-state index contributed by atoms with van der Waals surface area (Å²) in [6, 6.07) is 4.57. The van der Waals surface area contributed by atoms with Gasteiger partial charge in [-0.15, -0.1) is 12.4 Å². The number of nitrogens with zero attached hydrogens (tertiary/aromatic N) is 1. The van der Waals surface area contributed by atoms with Crippen LogP contribution in [0.5, 0.6) is 5.75 Å². The van der Waals surface area contributed by atoms with Crippen LogP contribution in [0.25, 0.3) is 0 Å². The molecule has 1 aromatic rings. The van der Waals surface area contributed by atoms with Crippen LogP contribution in [0.2, 0.25) is 5.02 Å². The molecule has 0 amide bonds. The van der Waals surface area contributed by atoms with Gasteiger partial charge in [0.05, 0.1) is 6.10 Å². The van der Waals surface area contributed by atoms with Gasteiger partial charge in [0.15, 0.2) is 0 Å². The van der Waals surface area contributed by atoms with Crippen molar-refractivity contribution >= 4 is 34.0 Å². The second kappa shape index (κ2) is 9.57. The topological polar surface area (TPSA) is 81.9 Å². The summed E-state index contributed by atoms with van der Waals surface area (Å²) in [4.78, 5) is 0.102. The Morgan fingerprint density at radius 1 is 1.27 bits per heavy atom. The molecule has 2 atom stereocenters. The molecule has 9 heteroatoms. The molecule has 2 fully saturated rings. The molecule has 2 heterocycles. The lowest BCUT2D eigenvalue weighted by atomic mass is 10.1. The van der Waals surface area contributed by atoms with Crippen molar-refractivity contribution in [2.24, 2.45) is 5.73 Å². The first-order chi connectivity index (χ1) is 12.0. The fraction of sp³-hybridized carbons (Fsp3) is 0.647. The summed E-state index contributed by atoms with van der Waals surface area (Å²) >= 11 is 6.05.